The number of nitrogens with one attached hydrogen (secondary N) is 1. The van der Waals surface area contributed by atoms with Crippen molar-refractivity contribution in [2.45, 2.75) is 6.92 Å². The van der Waals surface area contributed by atoms with E-state index >= 15 is 0 Å². The second-order valence-corrected chi connectivity index (χ2v) is 7.98. The van der Waals surface area contributed by atoms with Gasteiger partial charge in [-0.15, -0.1) is 0 Å². The van der Waals surface area contributed by atoms with E-state index in [0.29, 0.717) is 22.0 Å². The molecule has 2 aromatic carbocycles. The molecule has 0 aliphatic heterocycles. The fourth-order valence-corrected chi connectivity index (χ4v) is 3.39. The lowest BCUT2D eigenvalue weighted by Crippen LogP contribution is -2.41. The van der Waals surface area contributed by atoms with Gasteiger partial charge in [-0.3, -0.25) is 9.10 Å². The highest BCUT2D eigenvalue weighted by Crippen LogP contribution is 2.27. The molecule has 8 heteroatoms. The van der Waals surface area contributed by atoms with Crippen molar-refractivity contribution in [1.29, 1.82) is 0 Å². The number of anilines is 1. The lowest BCUT2D eigenvalue weighted by molar-refractivity contribution is -0.119. The largest absolute Gasteiger partial charge is 0.492 e. The van der Waals surface area contributed by atoms with E-state index < -0.39 is 15.9 Å². The van der Waals surface area contributed by atoms with Crippen LogP contribution in [0, 0.1) is 6.92 Å². The summed E-state index contributed by atoms with van der Waals surface area (Å²) in [4.78, 5) is 12.2. The molecule has 0 unspecified atom stereocenters. The van der Waals surface area contributed by atoms with Crippen LogP contribution in [0.15, 0.2) is 48.5 Å². The second-order valence-electron chi connectivity index (χ2n) is 5.67. The van der Waals surface area contributed by atoms with Gasteiger partial charge in [0.1, 0.15) is 18.9 Å². The number of amides is 1. The average molecular weight is 397 g/mol. The molecule has 2 aromatic rings. The number of carbonyl (C=O) groups excluding carboxylic acids is 1. The number of sulfonamides is 1. The Morgan fingerprint density at radius 1 is 1.15 bits per heavy atom. The van der Waals surface area contributed by atoms with Crippen LogP contribution in [-0.4, -0.2) is 40.3 Å². The van der Waals surface area contributed by atoms with E-state index in [9.17, 15) is 13.2 Å². The molecule has 0 aliphatic carbocycles. The van der Waals surface area contributed by atoms with Gasteiger partial charge < -0.3 is 10.1 Å². The van der Waals surface area contributed by atoms with Gasteiger partial charge in [-0.1, -0.05) is 35.9 Å². The maximum absolute atomic E-state index is 12.2. The molecule has 1 N–H and O–H groups in total. The second kappa shape index (κ2) is 8.91. The number of hydrogen-bond donors (Lipinski definition) is 1. The number of benzene rings is 2. The van der Waals surface area contributed by atoms with Crippen LogP contribution in [0.4, 0.5) is 5.69 Å². The lowest BCUT2D eigenvalue weighted by atomic mass is 10.2. The Kier molecular flexibility index (Phi) is 6.88. The third-order valence-corrected chi connectivity index (χ3v) is 5.17. The Hall–Kier alpha value is -2.25. The zero-order chi connectivity index (χ0) is 19.2. The highest BCUT2D eigenvalue weighted by atomic mass is 35.5. The third-order valence-electron chi connectivity index (χ3n) is 3.63. The van der Waals surface area contributed by atoms with Gasteiger partial charge in [0.25, 0.3) is 0 Å². The Morgan fingerprint density at radius 2 is 1.85 bits per heavy atom. The summed E-state index contributed by atoms with van der Waals surface area (Å²) in [6, 6.07) is 14.2. The van der Waals surface area contributed by atoms with Gasteiger partial charge in [-0.25, -0.2) is 8.42 Å². The first kappa shape index (κ1) is 20.1. The molecule has 0 aromatic heterocycles. The minimum Gasteiger partial charge on any atom is -0.492 e. The van der Waals surface area contributed by atoms with Gasteiger partial charge in [0, 0.05) is 5.02 Å². The zero-order valence-electron chi connectivity index (χ0n) is 14.6. The Labute approximate surface area is 158 Å². The van der Waals surface area contributed by atoms with Gasteiger partial charge in [0.05, 0.1) is 18.5 Å². The predicted molar refractivity (Wildman–Crippen MR) is 103 cm³/mol. The normalized spacial score (nSPS) is 11.0. The van der Waals surface area contributed by atoms with Gasteiger partial charge in [-0.2, -0.15) is 0 Å². The maximum atomic E-state index is 12.2. The molecule has 0 fully saturated rings. The van der Waals surface area contributed by atoms with Gasteiger partial charge >= 0.3 is 0 Å². The quantitative estimate of drug-likeness (QED) is 0.696. The summed E-state index contributed by atoms with van der Waals surface area (Å²) in [6.45, 7) is 1.93. The summed E-state index contributed by atoms with van der Waals surface area (Å²) in [6.07, 6.45) is 1.05. The van der Waals surface area contributed by atoms with Crippen molar-refractivity contribution >= 4 is 33.2 Å². The molecule has 0 saturated carbocycles. The molecule has 1 amide bonds. The van der Waals surface area contributed by atoms with Crippen LogP contribution in [0.1, 0.15) is 5.56 Å². The summed E-state index contributed by atoms with van der Waals surface area (Å²) in [5.41, 5.74) is 0.982. The van der Waals surface area contributed by atoms with Crippen LogP contribution in [0.25, 0.3) is 0 Å². The number of rotatable bonds is 8. The van der Waals surface area contributed by atoms with Crippen molar-refractivity contribution in [2.75, 3.05) is 30.3 Å². The minimum atomic E-state index is -3.64. The van der Waals surface area contributed by atoms with E-state index in [1.54, 1.807) is 25.1 Å². The molecular formula is C18H21ClN2O4S. The summed E-state index contributed by atoms with van der Waals surface area (Å²) in [5.74, 6) is 0.278. The molecule has 6 nitrogen and oxygen atoms in total. The van der Waals surface area contributed by atoms with Crippen LogP contribution < -0.4 is 14.4 Å². The molecule has 0 spiro atoms. The standard InChI is InChI=1S/C18H21ClN2O4S/c1-14-16(19)9-6-10-17(14)21(26(2,23)24)13-18(22)20-11-12-25-15-7-4-3-5-8-15/h3-10H,11-13H2,1-2H3,(H,20,22). The first-order valence-electron chi connectivity index (χ1n) is 7.96. The van der Waals surface area contributed by atoms with Crippen molar-refractivity contribution in [3.63, 3.8) is 0 Å². The highest BCUT2D eigenvalue weighted by Gasteiger charge is 2.22. The van der Waals surface area contributed by atoms with Crippen molar-refractivity contribution in [3.05, 3.63) is 59.1 Å². The predicted octanol–water partition coefficient (Wildman–Crippen LogP) is 2.61. The fourth-order valence-electron chi connectivity index (χ4n) is 2.31. The Bertz CT molecular complexity index is 857. The van der Waals surface area contributed by atoms with Crippen molar-refractivity contribution in [1.82, 2.24) is 5.32 Å². The molecule has 26 heavy (non-hydrogen) atoms. The average Bonchev–Trinajstić information content (AvgIpc) is 2.59. The van der Waals surface area contributed by atoms with Crippen LogP contribution in [0.3, 0.4) is 0 Å². The van der Waals surface area contributed by atoms with E-state index in [2.05, 4.69) is 5.32 Å². The van der Waals surface area contributed by atoms with Crippen molar-refractivity contribution in [3.8, 4) is 5.75 Å². The first-order valence-corrected chi connectivity index (χ1v) is 10.2. The van der Waals surface area contributed by atoms with Crippen LogP contribution in [-0.2, 0) is 14.8 Å². The van der Waals surface area contributed by atoms with Gasteiger partial charge in [0.2, 0.25) is 15.9 Å². The van der Waals surface area contributed by atoms with Crippen molar-refractivity contribution in [2.24, 2.45) is 0 Å². The summed E-state index contributed by atoms with van der Waals surface area (Å²) < 4.78 is 30.8. The molecule has 0 aliphatic rings. The lowest BCUT2D eigenvalue weighted by Gasteiger charge is -2.24. The zero-order valence-corrected chi connectivity index (χ0v) is 16.2. The summed E-state index contributed by atoms with van der Waals surface area (Å²) in [5, 5.41) is 3.09. The van der Waals surface area contributed by atoms with Gasteiger partial charge in [0.15, 0.2) is 0 Å². The minimum absolute atomic E-state index is 0.264. The van der Waals surface area contributed by atoms with E-state index in [1.807, 2.05) is 30.3 Å². The van der Waals surface area contributed by atoms with Crippen molar-refractivity contribution < 1.29 is 17.9 Å². The molecule has 0 atom stereocenters. The number of halogens is 1. The Morgan fingerprint density at radius 3 is 2.50 bits per heavy atom. The van der Waals surface area contributed by atoms with Crippen LogP contribution in [0.5, 0.6) is 5.75 Å². The topological polar surface area (TPSA) is 75.7 Å². The monoisotopic (exact) mass is 396 g/mol. The molecule has 0 bridgehead atoms. The first-order chi connectivity index (χ1) is 12.3. The number of carbonyl (C=O) groups is 1. The number of nitrogens with zero attached hydrogens (tertiary/aromatic N) is 1. The van der Waals surface area contributed by atoms with Crippen LogP contribution in [0.2, 0.25) is 5.02 Å². The molecule has 140 valence electrons. The molecule has 0 heterocycles. The number of ether oxygens (including phenoxy) is 1. The molecule has 0 saturated heterocycles. The molecule has 0 radical (unpaired) electrons. The summed E-state index contributed by atoms with van der Waals surface area (Å²) >= 11 is 6.07. The maximum Gasteiger partial charge on any atom is 0.240 e. The van der Waals surface area contributed by atoms with E-state index in [4.69, 9.17) is 16.3 Å². The fraction of sp³-hybridized carbons (Fsp3) is 0.278. The molecule has 2 rings (SSSR count). The van der Waals surface area contributed by atoms with Crippen LogP contribution >= 0.6 is 11.6 Å². The summed E-state index contributed by atoms with van der Waals surface area (Å²) in [7, 11) is -3.64. The van der Waals surface area contributed by atoms with Gasteiger partial charge in [-0.05, 0) is 36.8 Å². The van der Waals surface area contributed by atoms with E-state index in [0.717, 1.165) is 10.6 Å². The Balaban J connectivity index is 1.96. The third kappa shape index (κ3) is 5.64. The van der Waals surface area contributed by atoms with E-state index in [-0.39, 0.29) is 19.7 Å². The number of para-hydroxylation sites is 1. The highest BCUT2D eigenvalue weighted by molar-refractivity contribution is 7.92. The molecular weight excluding hydrogens is 376 g/mol. The number of hydrogen-bond acceptors (Lipinski definition) is 4. The SMILES string of the molecule is Cc1c(Cl)cccc1N(CC(=O)NCCOc1ccccc1)S(C)(=O)=O. The van der Waals surface area contributed by atoms with E-state index in [1.165, 1.54) is 0 Å². The smallest absolute Gasteiger partial charge is 0.240 e.